The zero-order valence-electron chi connectivity index (χ0n) is 21.8. The van der Waals surface area contributed by atoms with Crippen LogP contribution in [0.2, 0.25) is 5.02 Å². The van der Waals surface area contributed by atoms with E-state index in [-0.39, 0.29) is 28.6 Å². The molecule has 0 spiro atoms. The first-order valence-electron chi connectivity index (χ1n) is 11.8. The fraction of sp³-hybridized carbons (Fsp3) is 0.185. The number of ether oxygens (including phenoxy) is 3. The molecular formula is C27H19ClF3N5O6. The highest BCUT2D eigenvalue weighted by Gasteiger charge is 2.39. The highest BCUT2D eigenvalue weighted by Crippen LogP contribution is 2.35. The Bertz CT molecular complexity index is 1810. The number of hydrogen-bond donors (Lipinski definition) is 0. The molecule has 42 heavy (non-hydrogen) atoms. The van der Waals surface area contributed by atoms with Crippen LogP contribution in [0, 0.1) is 11.3 Å². The van der Waals surface area contributed by atoms with Gasteiger partial charge in [0.1, 0.15) is 17.1 Å². The van der Waals surface area contributed by atoms with Gasteiger partial charge in [0, 0.05) is 5.02 Å². The Balaban J connectivity index is 1.79. The molecular weight excluding hydrogens is 583 g/mol. The Morgan fingerprint density at radius 2 is 1.74 bits per heavy atom. The fourth-order valence-electron chi connectivity index (χ4n) is 3.80. The summed E-state index contributed by atoms with van der Waals surface area (Å²) in [6.45, 7) is -0.600. The van der Waals surface area contributed by atoms with Crippen molar-refractivity contribution in [2.75, 3.05) is 14.2 Å². The number of carbonyl (C=O) groups excluding carboxylic acids is 1. The minimum atomic E-state index is -5.08. The maximum Gasteiger partial charge on any atom is 0.437 e. The van der Waals surface area contributed by atoms with Crippen molar-refractivity contribution in [3.63, 3.8) is 0 Å². The second-order valence-corrected chi connectivity index (χ2v) is 9.03. The van der Waals surface area contributed by atoms with Gasteiger partial charge in [-0.2, -0.15) is 23.5 Å². The first-order valence-corrected chi connectivity index (χ1v) is 12.2. The molecule has 0 aliphatic carbocycles. The molecule has 0 fully saturated rings. The summed E-state index contributed by atoms with van der Waals surface area (Å²) in [6.07, 6.45) is -4.44. The molecule has 2 aromatic carbocycles. The van der Waals surface area contributed by atoms with Crippen LogP contribution in [0.1, 0.15) is 32.9 Å². The van der Waals surface area contributed by atoms with E-state index in [9.17, 15) is 27.6 Å². The fourth-order valence-corrected chi connectivity index (χ4v) is 4.02. The maximum atomic E-state index is 13.8. The zero-order chi connectivity index (χ0) is 30.6. The summed E-state index contributed by atoms with van der Waals surface area (Å²) < 4.78 is 58.1. The third kappa shape index (κ3) is 6.58. The van der Waals surface area contributed by atoms with E-state index in [2.05, 4.69) is 10.1 Å². The molecule has 0 aliphatic heterocycles. The van der Waals surface area contributed by atoms with Crippen molar-refractivity contribution < 1.29 is 32.2 Å². The highest BCUT2D eigenvalue weighted by molar-refractivity contribution is 6.30. The molecule has 15 heteroatoms. The summed E-state index contributed by atoms with van der Waals surface area (Å²) in [6, 6.07) is 13.0. The molecule has 0 radical (unpaired) electrons. The first-order chi connectivity index (χ1) is 19.9. The van der Waals surface area contributed by atoms with Crippen molar-refractivity contribution in [1.29, 1.82) is 5.26 Å². The molecule has 4 aromatic rings. The third-order valence-corrected chi connectivity index (χ3v) is 5.96. The molecule has 2 aromatic heterocycles. The van der Waals surface area contributed by atoms with Crippen molar-refractivity contribution in [2.45, 2.75) is 19.3 Å². The lowest BCUT2D eigenvalue weighted by atomic mass is 10.2. The molecule has 0 amide bonds. The minimum absolute atomic E-state index is 0.0134. The van der Waals surface area contributed by atoms with Crippen molar-refractivity contribution in [3.05, 3.63) is 109 Å². The highest BCUT2D eigenvalue weighted by atomic mass is 35.5. The molecule has 2 heterocycles. The topological polar surface area (TPSA) is 138 Å². The Labute approximate surface area is 239 Å². The van der Waals surface area contributed by atoms with Gasteiger partial charge in [-0.1, -0.05) is 23.7 Å². The van der Waals surface area contributed by atoms with Gasteiger partial charge in [0.2, 0.25) is 5.75 Å². The lowest BCUT2D eigenvalue weighted by molar-refractivity contribution is -0.142. The predicted molar refractivity (Wildman–Crippen MR) is 141 cm³/mol. The van der Waals surface area contributed by atoms with Crippen molar-refractivity contribution >= 4 is 17.6 Å². The quantitative estimate of drug-likeness (QED) is 0.274. The average molecular weight is 602 g/mol. The summed E-state index contributed by atoms with van der Waals surface area (Å²) in [5.74, 6) is -1.91. The van der Waals surface area contributed by atoms with Crippen molar-refractivity contribution in [1.82, 2.24) is 19.3 Å². The first kappa shape index (κ1) is 29.8. The summed E-state index contributed by atoms with van der Waals surface area (Å²) in [7, 11) is 2.55. The summed E-state index contributed by atoms with van der Waals surface area (Å²) in [5.41, 5.74) is -3.54. The third-order valence-electron chi connectivity index (χ3n) is 5.74. The van der Waals surface area contributed by atoms with E-state index in [1.807, 2.05) is 0 Å². The van der Waals surface area contributed by atoms with E-state index in [4.69, 9.17) is 31.1 Å². The zero-order valence-corrected chi connectivity index (χ0v) is 22.6. The van der Waals surface area contributed by atoms with Gasteiger partial charge in [-0.25, -0.2) is 14.5 Å². The average Bonchev–Trinajstić information content (AvgIpc) is 2.95. The van der Waals surface area contributed by atoms with Crippen LogP contribution in [0.15, 0.2) is 64.4 Å². The number of nitrogens with zero attached hydrogens (tertiary/aromatic N) is 5. The molecule has 4 rings (SSSR count). The molecule has 0 bridgehead atoms. The van der Waals surface area contributed by atoms with Gasteiger partial charge in [0.15, 0.2) is 5.69 Å². The number of nitriles is 1. The van der Waals surface area contributed by atoms with Crippen LogP contribution in [-0.2, 0) is 24.0 Å². The molecule has 0 unspecified atom stereocenters. The standard InChI is InChI=1S/C27H19ClF3N5O6/c1-40-19-5-3-15(4-6-19)12-36-24(37)21(26(39)41-2)10-18(34-36)13-35-14-33-23(27(29,30)31)22(25(35)38)42-20-8-16(11-32)7-17(28)9-20/h3-10,14H,12-13H2,1-2H3. The number of benzene rings is 2. The van der Waals surface area contributed by atoms with E-state index in [1.54, 1.807) is 30.3 Å². The van der Waals surface area contributed by atoms with Gasteiger partial charge in [-0.3, -0.25) is 14.2 Å². The van der Waals surface area contributed by atoms with E-state index < -0.39 is 46.8 Å². The SMILES string of the molecule is COC(=O)c1cc(Cn2cnc(C(F)(F)F)c(Oc3cc(Cl)cc(C#N)c3)c2=O)nn(Cc2ccc(OC)cc2)c1=O. The second kappa shape index (κ2) is 12.1. The van der Waals surface area contributed by atoms with Crippen molar-refractivity contribution in [2.24, 2.45) is 0 Å². The number of aromatic nitrogens is 4. The van der Waals surface area contributed by atoms with Crippen LogP contribution < -0.4 is 20.6 Å². The Morgan fingerprint density at radius 3 is 2.36 bits per heavy atom. The van der Waals surface area contributed by atoms with E-state index in [1.165, 1.54) is 13.2 Å². The van der Waals surface area contributed by atoms with E-state index in [0.29, 0.717) is 17.6 Å². The molecule has 216 valence electrons. The molecule has 0 saturated carbocycles. The lowest BCUT2D eigenvalue weighted by Gasteiger charge is -2.15. The van der Waals surface area contributed by atoms with E-state index >= 15 is 0 Å². The molecule has 0 N–H and O–H groups in total. The second-order valence-electron chi connectivity index (χ2n) is 8.59. The number of methoxy groups -OCH3 is 2. The van der Waals surface area contributed by atoms with Gasteiger partial charge >= 0.3 is 12.1 Å². The van der Waals surface area contributed by atoms with Crippen LogP contribution in [0.4, 0.5) is 13.2 Å². The van der Waals surface area contributed by atoms with Gasteiger partial charge < -0.3 is 14.2 Å². The van der Waals surface area contributed by atoms with Crippen LogP contribution in [0.25, 0.3) is 0 Å². The Hall–Kier alpha value is -5.16. The van der Waals surface area contributed by atoms with Gasteiger partial charge in [-0.15, -0.1) is 0 Å². The Morgan fingerprint density at radius 1 is 1.02 bits per heavy atom. The van der Waals surface area contributed by atoms with Gasteiger partial charge in [0.25, 0.3) is 11.1 Å². The van der Waals surface area contributed by atoms with Crippen molar-refractivity contribution in [3.8, 4) is 23.3 Å². The number of alkyl halides is 3. The Kier molecular flexibility index (Phi) is 8.62. The number of hydrogen-bond acceptors (Lipinski definition) is 9. The molecule has 0 atom stereocenters. The normalized spacial score (nSPS) is 11.1. The number of carbonyl (C=O) groups is 1. The van der Waals surface area contributed by atoms with Crippen LogP contribution in [0.5, 0.6) is 17.2 Å². The predicted octanol–water partition coefficient (Wildman–Crippen LogP) is 4.03. The summed E-state index contributed by atoms with van der Waals surface area (Å²) in [5, 5.41) is 13.3. The van der Waals surface area contributed by atoms with Gasteiger partial charge in [0.05, 0.1) is 51.0 Å². The van der Waals surface area contributed by atoms with Gasteiger partial charge in [-0.05, 0) is 42.0 Å². The smallest absolute Gasteiger partial charge is 0.437 e. The van der Waals surface area contributed by atoms with Crippen LogP contribution in [0.3, 0.4) is 0 Å². The van der Waals surface area contributed by atoms with Crippen LogP contribution >= 0.6 is 11.6 Å². The minimum Gasteiger partial charge on any atom is -0.497 e. The molecule has 0 aliphatic rings. The maximum absolute atomic E-state index is 13.8. The summed E-state index contributed by atoms with van der Waals surface area (Å²) in [4.78, 5) is 42.0. The number of halogens is 4. The monoisotopic (exact) mass is 601 g/mol. The summed E-state index contributed by atoms with van der Waals surface area (Å²) >= 11 is 5.92. The molecule has 0 saturated heterocycles. The number of rotatable bonds is 8. The van der Waals surface area contributed by atoms with Crippen LogP contribution in [-0.4, -0.2) is 39.5 Å². The number of esters is 1. The molecule has 11 nitrogen and oxygen atoms in total. The largest absolute Gasteiger partial charge is 0.497 e. The van der Waals surface area contributed by atoms with E-state index in [0.717, 1.165) is 34.6 Å². The lowest BCUT2D eigenvalue weighted by Crippen LogP contribution is -2.32.